The smallest absolute Gasteiger partial charge is 0.307 e. The highest BCUT2D eigenvalue weighted by Crippen LogP contribution is 2.29. The summed E-state index contributed by atoms with van der Waals surface area (Å²) in [5.41, 5.74) is 0.933. The third-order valence-corrected chi connectivity index (χ3v) is 3.85. The molecule has 1 aliphatic heterocycles. The van der Waals surface area contributed by atoms with E-state index in [9.17, 15) is 9.59 Å². The largest absolute Gasteiger partial charge is 0.325 e. The van der Waals surface area contributed by atoms with Gasteiger partial charge in [-0.05, 0) is 20.8 Å². The molecular formula is C10H13N3O2S. The van der Waals surface area contributed by atoms with Crippen molar-refractivity contribution in [3.8, 4) is 0 Å². The van der Waals surface area contributed by atoms with E-state index >= 15 is 0 Å². The summed E-state index contributed by atoms with van der Waals surface area (Å²) in [6, 6.07) is -0.416. The van der Waals surface area contributed by atoms with Crippen molar-refractivity contribution in [2.75, 3.05) is 6.54 Å². The van der Waals surface area contributed by atoms with E-state index in [0.29, 0.717) is 0 Å². The minimum atomic E-state index is -0.317. The predicted molar refractivity (Wildman–Crippen MR) is 60.2 cm³/mol. The van der Waals surface area contributed by atoms with Gasteiger partial charge in [-0.3, -0.25) is 10.1 Å². The first-order chi connectivity index (χ1) is 7.49. The molecule has 2 heterocycles. The molecule has 1 saturated heterocycles. The lowest BCUT2D eigenvalue weighted by Crippen LogP contribution is -2.30. The fraction of sp³-hybridized carbons (Fsp3) is 0.500. The van der Waals surface area contributed by atoms with Crippen LogP contribution < -0.4 is 5.32 Å². The molecule has 1 aromatic rings. The molecule has 1 aromatic heterocycles. The molecule has 1 fully saturated rings. The van der Waals surface area contributed by atoms with Crippen molar-refractivity contribution in [3.05, 3.63) is 15.6 Å². The topological polar surface area (TPSA) is 62.3 Å². The zero-order chi connectivity index (χ0) is 11.9. The highest BCUT2D eigenvalue weighted by molar-refractivity contribution is 7.11. The number of aryl methyl sites for hydroxylation is 2. The second kappa shape index (κ2) is 3.86. The number of amides is 3. The van der Waals surface area contributed by atoms with Crippen LogP contribution in [0, 0.1) is 13.8 Å². The van der Waals surface area contributed by atoms with Crippen LogP contribution in [-0.4, -0.2) is 28.4 Å². The van der Waals surface area contributed by atoms with Crippen LogP contribution in [0.4, 0.5) is 4.79 Å². The maximum absolute atomic E-state index is 11.5. The Morgan fingerprint density at radius 1 is 1.44 bits per heavy atom. The zero-order valence-electron chi connectivity index (χ0n) is 9.40. The molecule has 0 saturated carbocycles. The molecule has 86 valence electrons. The summed E-state index contributed by atoms with van der Waals surface area (Å²) in [6.07, 6.45) is 0. The van der Waals surface area contributed by atoms with Crippen LogP contribution in [0.3, 0.4) is 0 Å². The number of aromatic nitrogens is 1. The Labute approximate surface area is 97.5 Å². The first kappa shape index (κ1) is 11.1. The van der Waals surface area contributed by atoms with Crippen LogP contribution in [0.1, 0.15) is 28.5 Å². The number of hydrogen-bond acceptors (Lipinski definition) is 4. The average molecular weight is 239 g/mol. The van der Waals surface area contributed by atoms with E-state index < -0.39 is 0 Å². The van der Waals surface area contributed by atoms with Crippen molar-refractivity contribution in [2.24, 2.45) is 0 Å². The van der Waals surface area contributed by atoms with Gasteiger partial charge in [0.25, 0.3) is 0 Å². The van der Waals surface area contributed by atoms with E-state index in [1.165, 1.54) is 4.90 Å². The summed E-state index contributed by atoms with van der Waals surface area (Å²) in [4.78, 5) is 29.5. The Kier molecular flexibility index (Phi) is 2.67. The van der Waals surface area contributed by atoms with Crippen LogP contribution in [0.2, 0.25) is 0 Å². The molecule has 3 amide bonds. The lowest BCUT2D eigenvalue weighted by atomic mass is 10.2. The fourth-order valence-corrected chi connectivity index (χ4v) is 2.84. The first-order valence-corrected chi connectivity index (χ1v) is 5.85. The van der Waals surface area contributed by atoms with Gasteiger partial charge in [-0.2, -0.15) is 0 Å². The van der Waals surface area contributed by atoms with Gasteiger partial charge < -0.3 is 4.90 Å². The standard InChI is InChI=1S/C10H13N3O2S/c1-5-9(16-7(3)11-5)6(2)13-4-8(14)12-10(13)15/h6H,4H2,1-3H3,(H,12,14,15). The normalized spacial score (nSPS) is 17.8. The SMILES string of the molecule is Cc1nc(C)c(C(C)N2CC(=O)NC2=O)s1. The summed E-state index contributed by atoms with van der Waals surface area (Å²) in [5, 5.41) is 3.25. The second-order valence-electron chi connectivity index (χ2n) is 3.84. The molecule has 2 rings (SSSR count). The van der Waals surface area contributed by atoms with Gasteiger partial charge in [0, 0.05) is 4.88 Å². The summed E-state index contributed by atoms with van der Waals surface area (Å²) in [5.74, 6) is -0.240. The number of nitrogens with zero attached hydrogens (tertiary/aromatic N) is 2. The number of urea groups is 1. The molecule has 5 nitrogen and oxygen atoms in total. The molecule has 1 atom stereocenters. The molecule has 1 unspecified atom stereocenters. The molecule has 6 heteroatoms. The van der Waals surface area contributed by atoms with E-state index in [1.807, 2.05) is 20.8 Å². The van der Waals surface area contributed by atoms with Crippen molar-refractivity contribution in [3.63, 3.8) is 0 Å². The van der Waals surface area contributed by atoms with E-state index in [4.69, 9.17) is 0 Å². The van der Waals surface area contributed by atoms with Crippen LogP contribution in [0.5, 0.6) is 0 Å². The average Bonchev–Trinajstić information content (AvgIpc) is 2.68. The molecule has 1 N–H and O–H groups in total. The Morgan fingerprint density at radius 3 is 2.56 bits per heavy atom. The highest BCUT2D eigenvalue weighted by Gasteiger charge is 2.32. The molecule has 1 aliphatic rings. The Hall–Kier alpha value is -1.43. The van der Waals surface area contributed by atoms with E-state index in [1.54, 1.807) is 11.3 Å². The van der Waals surface area contributed by atoms with Gasteiger partial charge in [0.1, 0.15) is 6.54 Å². The summed E-state index contributed by atoms with van der Waals surface area (Å²) in [6.45, 7) is 5.91. The highest BCUT2D eigenvalue weighted by atomic mass is 32.1. The van der Waals surface area contributed by atoms with Gasteiger partial charge in [-0.1, -0.05) is 0 Å². The Bertz CT molecular complexity index is 455. The van der Waals surface area contributed by atoms with Crippen molar-refractivity contribution >= 4 is 23.3 Å². The minimum absolute atomic E-state index is 0.0994. The Morgan fingerprint density at radius 2 is 2.12 bits per heavy atom. The van der Waals surface area contributed by atoms with Crippen LogP contribution in [0.15, 0.2) is 0 Å². The fourth-order valence-electron chi connectivity index (χ4n) is 1.85. The van der Waals surface area contributed by atoms with Crippen LogP contribution in [-0.2, 0) is 4.79 Å². The van der Waals surface area contributed by atoms with Gasteiger partial charge in [0.05, 0.1) is 16.7 Å². The number of hydrogen-bond donors (Lipinski definition) is 1. The Balaban J connectivity index is 2.25. The molecule has 16 heavy (non-hydrogen) atoms. The van der Waals surface area contributed by atoms with E-state index in [2.05, 4.69) is 10.3 Å². The summed E-state index contributed by atoms with van der Waals surface area (Å²) >= 11 is 1.57. The first-order valence-electron chi connectivity index (χ1n) is 5.03. The maximum atomic E-state index is 11.5. The molecule has 0 aliphatic carbocycles. The number of carbonyl (C=O) groups is 2. The van der Waals surface area contributed by atoms with Gasteiger partial charge in [-0.15, -0.1) is 11.3 Å². The van der Waals surface area contributed by atoms with E-state index in [-0.39, 0.29) is 24.5 Å². The van der Waals surface area contributed by atoms with Gasteiger partial charge in [-0.25, -0.2) is 9.78 Å². The maximum Gasteiger partial charge on any atom is 0.325 e. The molecular weight excluding hydrogens is 226 g/mol. The van der Waals surface area contributed by atoms with Crippen molar-refractivity contribution in [1.29, 1.82) is 0 Å². The summed E-state index contributed by atoms with van der Waals surface area (Å²) < 4.78 is 0. The third-order valence-electron chi connectivity index (χ3n) is 2.61. The number of nitrogens with one attached hydrogen (secondary N) is 1. The predicted octanol–water partition coefficient (Wildman–Crippen LogP) is 1.37. The van der Waals surface area contributed by atoms with Crippen LogP contribution in [0.25, 0.3) is 0 Å². The molecule has 0 spiro atoms. The third kappa shape index (κ3) is 1.80. The lowest BCUT2D eigenvalue weighted by molar-refractivity contribution is -0.118. The molecule has 0 bridgehead atoms. The lowest BCUT2D eigenvalue weighted by Gasteiger charge is -2.21. The summed E-state index contributed by atoms with van der Waals surface area (Å²) in [7, 11) is 0. The van der Waals surface area contributed by atoms with Crippen molar-refractivity contribution in [2.45, 2.75) is 26.8 Å². The molecule has 0 aromatic carbocycles. The number of carbonyl (C=O) groups excluding carboxylic acids is 2. The van der Waals surface area contributed by atoms with Gasteiger partial charge in [0.15, 0.2) is 0 Å². The number of rotatable bonds is 2. The zero-order valence-corrected chi connectivity index (χ0v) is 10.2. The van der Waals surface area contributed by atoms with Gasteiger partial charge in [0.2, 0.25) is 5.91 Å². The van der Waals surface area contributed by atoms with Gasteiger partial charge >= 0.3 is 6.03 Å². The number of thiazole rings is 1. The quantitative estimate of drug-likeness (QED) is 0.793. The number of imide groups is 1. The van der Waals surface area contributed by atoms with Crippen molar-refractivity contribution in [1.82, 2.24) is 15.2 Å². The second-order valence-corrected chi connectivity index (χ2v) is 5.07. The minimum Gasteiger partial charge on any atom is -0.307 e. The molecule has 0 radical (unpaired) electrons. The van der Waals surface area contributed by atoms with Crippen LogP contribution >= 0.6 is 11.3 Å². The van der Waals surface area contributed by atoms with Crippen molar-refractivity contribution < 1.29 is 9.59 Å². The monoisotopic (exact) mass is 239 g/mol. The van der Waals surface area contributed by atoms with E-state index in [0.717, 1.165) is 15.6 Å².